The molecule has 0 spiro atoms. The zero-order chi connectivity index (χ0) is 23.4. The van der Waals surface area contributed by atoms with Crippen molar-refractivity contribution < 1.29 is 23.8 Å². The van der Waals surface area contributed by atoms with E-state index in [1.807, 2.05) is 38.1 Å². The highest BCUT2D eigenvalue weighted by atomic mass is 35.5. The fraction of sp³-hybridized carbons (Fsp3) is 0.280. The van der Waals surface area contributed by atoms with Crippen LogP contribution >= 0.6 is 11.6 Å². The largest absolute Gasteiger partial charge is 0.477 e. The van der Waals surface area contributed by atoms with E-state index < -0.39 is 12.1 Å². The highest BCUT2D eigenvalue weighted by molar-refractivity contribution is 6.32. The van der Waals surface area contributed by atoms with Gasteiger partial charge in [-0.15, -0.1) is 0 Å². The van der Waals surface area contributed by atoms with Crippen LogP contribution in [0.25, 0.3) is 10.9 Å². The second kappa shape index (κ2) is 9.92. The van der Waals surface area contributed by atoms with Crippen molar-refractivity contribution in [2.75, 3.05) is 13.7 Å². The lowest BCUT2D eigenvalue weighted by atomic mass is 10.1. The predicted octanol–water partition coefficient (Wildman–Crippen LogP) is 5.24. The van der Waals surface area contributed by atoms with Crippen molar-refractivity contribution >= 4 is 34.4 Å². The summed E-state index contributed by atoms with van der Waals surface area (Å²) >= 11 is 6.62. The van der Waals surface area contributed by atoms with Gasteiger partial charge in [-0.2, -0.15) is 0 Å². The molecule has 0 saturated carbocycles. The van der Waals surface area contributed by atoms with E-state index >= 15 is 0 Å². The van der Waals surface area contributed by atoms with E-state index in [1.165, 1.54) is 13.2 Å². The minimum atomic E-state index is -0.775. The van der Waals surface area contributed by atoms with Gasteiger partial charge in [0.1, 0.15) is 12.4 Å². The van der Waals surface area contributed by atoms with Crippen molar-refractivity contribution in [2.45, 2.75) is 33.4 Å². The number of aromatic nitrogens is 1. The topological polar surface area (TPSA) is 66.8 Å². The Labute approximate surface area is 192 Å². The number of carbonyl (C=O) groups excluding carboxylic acids is 2. The molecule has 0 aliphatic carbocycles. The van der Waals surface area contributed by atoms with E-state index in [-0.39, 0.29) is 12.6 Å². The van der Waals surface area contributed by atoms with Crippen LogP contribution in [0.4, 0.5) is 0 Å². The van der Waals surface area contributed by atoms with E-state index in [0.29, 0.717) is 22.9 Å². The molecule has 3 rings (SSSR count). The predicted molar refractivity (Wildman–Crippen MR) is 125 cm³/mol. The molecule has 7 heteroatoms. The molecule has 32 heavy (non-hydrogen) atoms. The maximum absolute atomic E-state index is 12.2. The molecule has 0 N–H and O–H groups in total. The number of halogens is 1. The average Bonchev–Trinajstić information content (AvgIpc) is 3.03. The first-order valence-corrected chi connectivity index (χ1v) is 10.6. The van der Waals surface area contributed by atoms with Crippen LogP contribution in [0.1, 0.15) is 34.1 Å². The van der Waals surface area contributed by atoms with Gasteiger partial charge in [0, 0.05) is 23.1 Å². The number of nitrogens with zero attached hydrogens (tertiary/aromatic N) is 1. The molecule has 0 bridgehead atoms. The Kier molecular flexibility index (Phi) is 7.26. The molecule has 0 amide bonds. The van der Waals surface area contributed by atoms with Crippen molar-refractivity contribution in [3.8, 4) is 5.75 Å². The highest BCUT2D eigenvalue weighted by Crippen LogP contribution is 2.32. The summed E-state index contributed by atoms with van der Waals surface area (Å²) in [5, 5.41) is 1.41. The first kappa shape index (κ1) is 23.4. The number of benzene rings is 2. The Bertz CT molecular complexity index is 1180. The molecule has 0 unspecified atom stereocenters. The molecule has 0 aliphatic rings. The van der Waals surface area contributed by atoms with Gasteiger partial charge < -0.3 is 18.8 Å². The van der Waals surface area contributed by atoms with Crippen molar-refractivity contribution in [2.24, 2.45) is 0 Å². The van der Waals surface area contributed by atoms with Gasteiger partial charge in [-0.3, -0.25) is 0 Å². The summed E-state index contributed by atoms with van der Waals surface area (Å²) in [7, 11) is 1.31. The van der Waals surface area contributed by atoms with E-state index in [2.05, 4.69) is 11.1 Å². The number of aryl methyl sites for hydroxylation is 1. The summed E-state index contributed by atoms with van der Waals surface area (Å²) in [6.07, 6.45) is 0.763. The van der Waals surface area contributed by atoms with Crippen LogP contribution in [0.3, 0.4) is 0 Å². The maximum atomic E-state index is 12.2. The standard InChI is InChI=1S/C25H26ClNO5/c1-6-12-31-25(29)18-10-11-21-20(13-18)15(2)16(3)27(21)14-19-8-7-9-22(23(19)26)32-17(4)24(28)30-5/h6-11,13,17H,1,12,14H2,2-5H3/t17-/m1/s1. The lowest BCUT2D eigenvalue weighted by Crippen LogP contribution is -2.25. The fourth-order valence-corrected chi connectivity index (χ4v) is 3.77. The van der Waals surface area contributed by atoms with Gasteiger partial charge in [0.05, 0.1) is 17.7 Å². The third-order valence-corrected chi connectivity index (χ3v) is 5.84. The molecule has 168 valence electrons. The Morgan fingerprint density at radius 1 is 1.22 bits per heavy atom. The Hall–Kier alpha value is -3.25. The Morgan fingerprint density at radius 3 is 2.66 bits per heavy atom. The first-order chi connectivity index (χ1) is 15.3. The number of hydrogen-bond acceptors (Lipinski definition) is 5. The second-order valence-electron chi connectivity index (χ2n) is 7.43. The van der Waals surface area contributed by atoms with E-state index in [9.17, 15) is 9.59 Å². The molecule has 0 aliphatic heterocycles. The van der Waals surface area contributed by atoms with Gasteiger partial charge in [-0.05, 0) is 56.2 Å². The summed E-state index contributed by atoms with van der Waals surface area (Å²) in [5.41, 5.74) is 4.44. The second-order valence-corrected chi connectivity index (χ2v) is 7.81. The number of carbonyl (C=O) groups is 2. The van der Waals surface area contributed by atoms with Crippen LogP contribution in [0.2, 0.25) is 5.02 Å². The van der Waals surface area contributed by atoms with Crippen LogP contribution in [0.15, 0.2) is 49.1 Å². The van der Waals surface area contributed by atoms with Gasteiger partial charge in [-0.1, -0.05) is 36.4 Å². The SMILES string of the molecule is C=CCOC(=O)c1ccc2c(c1)c(C)c(C)n2Cc1cccc(O[C@H](C)C(=O)OC)c1Cl. The number of hydrogen-bond donors (Lipinski definition) is 0. The van der Waals surface area contributed by atoms with E-state index in [1.54, 1.807) is 19.1 Å². The van der Waals surface area contributed by atoms with Gasteiger partial charge in [-0.25, -0.2) is 9.59 Å². The third kappa shape index (κ3) is 4.65. The number of methoxy groups -OCH3 is 1. The molecule has 1 heterocycles. The average molecular weight is 456 g/mol. The quantitative estimate of drug-likeness (QED) is 0.343. The van der Waals surface area contributed by atoms with Gasteiger partial charge >= 0.3 is 11.9 Å². The van der Waals surface area contributed by atoms with E-state index in [0.717, 1.165) is 27.7 Å². The fourth-order valence-electron chi connectivity index (χ4n) is 3.54. The summed E-state index contributed by atoms with van der Waals surface area (Å²) < 4.78 is 17.7. The van der Waals surface area contributed by atoms with Gasteiger partial charge in [0.2, 0.25) is 0 Å². The normalized spacial score (nSPS) is 11.8. The van der Waals surface area contributed by atoms with Crippen molar-refractivity contribution in [1.29, 1.82) is 0 Å². The summed E-state index contributed by atoms with van der Waals surface area (Å²) in [4.78, 5) is 23.9. The summed E-state index contributed by atoms with van der Waals surface area (Å²) in [5.74, 6) is -0.443. The molecule has 6 nitrogen and oxygen atoms in total. The first-order valence-electron chi connectivity index (χ1n) is 10.2. The zero-order valence-electron chi connectivity index (χ0n) is 18.6. The molecule has 0 fully saturated rings. The Balaban J connectivity index is 1.95. The van der Waals surface area contributed by atoms with Crippen LogP contribution in [0.5, 0.6) is 5.75 Å². The minimum absolute atomic E-state index is 0.168. The van der Waals surface area contributed by atoms with Crippen molar-refractivity contribution in [1.82, 2.24) is 4.57 Å². The highest BCUT2D eigenvalue weighted by Gasteiger charge is 2.19. The lowest BCUT2D eigenvalue weighted by molar-refractivity contribution is -0.147. The van der Waals surface area contributed by atoms with Crippen LogP contribution < -0.4 is 4.74 Å². The molecule has 0 radical (unpaired) electrons. The lowest BCUT2D eigenvalue weighted by Gasteiger charge is -2.16. The number of rotatable bonds is 8. The smallest absolute Gasteiger partial charge is 0.346 e. The van der Waals surface area contributed by atoms with E-state index in [4.69, 9.17) is 25.8 Å². The molecule has 0 saturated heterocycles. The zero-order valence-corrected chi connectivity index (χ0v) is 19.4. The number of esters is 2. The molecule has 2 aromatic carbocycles. The third-order valence-electron chi connectivity index (χ3n) is 5.42. The molecule has 1 aromatic heterocycles. The Morgan fingerprint density at radius 2 is 1.97 bits per heavy atom. The van der Waals surface area contributed by atoms with Crippen molar-refractivity contribution in [3.63, 3.8) is 0 Å². The summed E-state index contributed by atoms with van der Waals surface area (Å²) in [6, 6.07) is 11.0. The number of fused-ring (bicyclic) bond motifs is 1. The van der Waals surface area contributed by atoms with Crippen LogP contribution in [-0.4, -0.2) is 36.3 Å². The van der Waals surface area contributed by atoms with Crippen LogP contribution in [-0.2, 0) is 20.8 Å². The summed E-state index contributed by atoms with van der Waals surface area (Å²) in [6.45, 7) is 9.89. The van der Waals surface area contributed by atoms with Gasteiger partial charge in [0.25, 0.3) is 0 Å². The van der Waals surface area contributed by atoms with Gasteiger partial charge in [0.15, 0.2) is 6.10 Å². The molecular weight excluding hydrogens is 430 g/mol. The molecular formula is C25H26ClNO5. The number of ether oxygens (including phenoxy) is 3. The molecule has 3 aromatic rings. The monoisotopic (exact) mass is 455 g/mol. The van der Waals surface area contributed by atoms with Crippen molar-refractivity contribution in [3.05, 3.63) is 76.5 Å². The minimum Gasteiger partial charge on any atom is -0.477 e. The molecule has 1 atom stereocenters. The van der Waals surface area contributed by atoms with Crippen LogP contribution in [0, 0.1) is 13.8 Å². The maximum Gasteiger partial charge on any atom is 0.346 e.